The lowest BCUT2D eigenvalue weighted by Crippen LogP contribution is -1.98. The van der Waals surface area contributed by atoms with Gasteiger partial charge in [-0.25, -0.2) is 4.79 Å². The lowest BCUT2D eigenvalue weighted by Gasteiger charge is -2.06. The predicted octanol–water partition coefficient (Wildman–Crippen LogP) is 3.23. The number of carboxylic acid groups (broad SMARTS) is 1. The number of aromatic hydroxyl groups is 1. The second-order valence-electron chi connectivity index (χ2n) is 4.82. The Bertz CT molecular complexity index is 827. The van der Waals surface area contributed by atoms with Gasteiger partial charge in [0.15, 0.2) is 0 Å². The van der Waals surface area contributed by atoms with E-state index >= 15 is 0 Å². The first kappa shape index (κ1) is 13.1. The van der Waals surface area contributed by atoms with Crippen LogP contribution in [0.1, 0.15) is 21.6 Å². The molecule has 3 aromatic rings. The van der Waals surface area contributed by atoms with Gasteiger partial charge in [0.1, 0.15) is 5.75 Å². The molecule has 0 radical (unpaired) electrons. The Labute approximate surface area is 121 Å². The van der Waals surface area contributed by atoms with Crippen molar-refractivity contribution in [2.45, 2.75) is 6.42 Å². The van der Waals surface area contributed by atoms with E-state index in [0.29, 0.717) is 12.0 Å². The van der Waals surface area contributed by atoms with Crippen LogP contribution in [-0.2, 0) is 6.42 Å². The Morgan fingerprint density at radius 1 is 1.05 bits per heavy atom. The fourth-order valence-electron chi connectivity index (χ4n) is 2.25. The number of hydrogen-bond donors (Lipinski definition) is 2. The molecule has 0 saturated heterocycles. The molecular weight excluding hydrogens is 266 g/mol. The van der Waals surface area contributed by atoms with Crippen LogP contribution in [0.4, 0.5) is 0 Å². The van der Waals surface area contributed by atoms with Crippen LogP contribution in [0.25, 0.3) is 10.9 Å². The number of carboxylic acids is 1. The van der Waals surface area contributed by atoms with Crippen LogP contribution in [0.2, 0.25) is 0 Å². The van der Waals surface area contributed by atoms with E-state index in [2.05, 4.69) is 4.98 Å². The maximum atomic E-state index is 10.8. The predicted molar refractivity (Wildman–Crippen MR) is 79.6 cm³/mol. The summed E-state index contributed by atoms with van der Waals surface area (Å²) < 4.78 is 0. The second kappa shape index (κ2) is 5.25. The number of hydrogen-bond acceptors (Lipinski definition) is 3. The fourth-order valence-corrected chi connectivity index (χ4v) is 2.25. The van der Waals surface area contributed by atoms with Crippen molar-refractivity contribution in [3.05, 3.63) is 71.4 Å². The quantitative estimate of drug-likeness (QED) is 0.772. The third-order valence-electron chi connectivity index (χ3n) is 3.36. The van der Waals surface area contributed by atoms with Gasteiger partial charge < -0.3 is 10.2 Å². The molecule has 0 fully saturated rings. The van der Waals surface area contributed by atoms with E-state index < -0.39 is 5.97 Å². The average Bonchev–Trinajstić information content (AvgIpc) is 2.49. The highest BCUT2D eigenvalue weighted by Gasteiger charge is 2.09. The average molecular weight is 279 g/mol. The number of pyridine rings is 1. The van der Waals surface area contributed by atoms with Crippen LogP contribution in [-0.4, -0.2) is 21.2 Å². The molecule has 4 nitrogen and oxygen atoms in total. The van der Waals surface area contributed by atoms with E-state index in [1.165, 1.54) is 12.1 Å². The smallest absolute Gasteiger partial charge is 0.335 e. The van der Waals surface area contributed by atoms with E-state index in [-0.39, 0.29) is 11.3 Å². The monoisotopic (exact) mass is 279 g/mol. The summed E-state index contributed by atoms with van der Waals surface area (Å²) in [4.78, 5) is 15.4. The SMILES string of the molecule is O=C(O)c1ccc(Cc2ccc3ccccc3n2)c(O)c1. The van der Waals surface area contributed by atoms with Crippen molar-refractivity contribution in [1.29, 1.82) is 0 Å². The summed E-state index contributed by atoms with van der Waals surface area (Å²) in [5.41, 5.74) is 2.45. The van der Waals surface area contributed by atoms with Crippen molar-refractivity contribution in [2.24, 2.45) is 0 Å². The van der Waals surface area contributed by atoms with Crippen LogP contribution in [0, 0.1) is 0 Å². The van der Waals surface area contributed by atoms with Crippen molar-refractivity contribution in [1.82, 2.24) is 4.98 Å². The summed E-state index contributed by atoms with van der Waals surface area (Å²) in [5, 5.41) is 19.9. The number of rotatable bonds is 3. The van der Waals surface area contributed by atoms with Crippen LogP contribution < -0.4 is 0 Å². The number of nitrogens with zero attached hydrogens (tertiary/aromatic N) is 1. The molecule has 0 aliphatic heterocycles. The van der Waals surface area contributed by atoms with E-state index in [4.69, 9.17) is 5.11 Å². The van der Waals surface area contributed by atoms with Gasteiger partial charge >= 0.3 is 5.97 Å². The zero-order valence-electron chi connectivity index (χ0n) is 11.2. The van der Waals surface area contributed by atoms with Crippen LogP contribution in [0.15, 0.2) is 54.6 Å². The van der Waals surface area contributed by atoms with Crippen LogP contribution >= 0.6 is 0 Å². The summed E-state index contributed by atoms with van der Waals surface area (Å²) in [7, 11) is 0. The largest absolute Gasteiger partial charge is 0.508 e. The molecule has 4 heteroatoms. The normalized spacial score (nSPS) is 10.7. The van der Waals surface area contributed by atoms with Gasteiger partial charge in [-0.2, -0.15) is 0 Å². The topological polar surface area (TPSA) is 70.4 Å². The fraction of sp³-hybridized carbons (Fsp3) is 0.0588. The minimum atomic E-state index is -1.05. The summed E-state index contributed by atoms with van der Waals surface area (Å²) in [6.07, 6.45) is 0.455. The zero-order valence-corrected chi connectivity index (χ0v) is 11.2. The molecular formula is C17H13NO3. The van der Waals surface area contributed by atoms with E-state index in [0.717, 1.165) is 16.6 Å². The number of phenols is 1. The highest BCUT2D eigenvalue weighted by atomic mass is 16.4. The molecule has 0 bridgehead atoms. The maximum Gasteiger partial charge on any atom is 0.335 e. The number of para-hydroxylation sites is 1. The molecule has 0 saturated carbocycles. The molecule has 1 aromatic heterocycles. The van der Waals surface area contributed by atoms with Crippen molar-refractivity contribution in [2.75, 3.05) is 0 Å². The Morgan fingerprint density at radius 2 is 1.86 bits per heavy atom. The van der Waals surface area contributed by atoms with Gasteiger partial charge in [-0.15, -0.1) is 0 Å². The molecule has 21 heavy (non-hydrogen) atoms. The Balaban J connectivity index is 1.93. The number of benzene rings is 2. The van der Waals surface area contributed by atoms with E-state index in [9.17, 15) is 9.90 Å². The van der Waals surface area contributed by atoms with Gasteiger partial charge in [-0.1, -0.05) is 30.3 Å². The first-order valence-corrected chi connectivity index (χ1v) is 6.53. The Morgan fingerprint density at radius 3 is 2.62 bits per heavy atom. The van der Waals surface area contributed by atoms with Gasteiger partial charge in [0.05, 0.1) is 11.1 Å². The minimum Gasteiger partial charge on any atom is -0.508 e. The van der Waals surface area contributed by atoms with Gasteiger partial charge in [0, 0.05) is 17.5 Å². The molecule has 0 unspecified atom stereocenters. The molecule has 0 atom stereocenters. The summed E-state index contributed by atoms with van der Waals surface area (Å²) in [5.74, 6) is -1.08. The molecule has 0 spiro atoms. The summed E-state index contributed by atoms with van der Waals surface area (Å²) in [6, 6.07) is 16.1. The molecule has 0 aliphatic carbocycles. The molecule has 104 valence electrons. The Hall–Kier alpha value is -2.88. The number of fused-ring (bicyclic) bond motifs is 1. The van der Waals surface area contributed by atoms with Crippen molar-refractivity contribution < 1.29 is 15.0 Å². The molecule has 0 amide bonds. The van der Waals surface area contributed by atoms with Crippen molar-refractivity contribution in [3.63, 3.8) is 0 Å². The third kappa shape index (κ3) is 2.69. The third-order valence-corrected chi connectivity index (χ3v) is 3.36. The number of aromatic nitrogens is 1. The first-order valence-electron chi connectivity index (χ1n) is 6.53. The molecule has 2 N–H and O–H groups in total. The second-order valence-corrected chi connectivity index (χ2v) is 4.82. The maximum absolute atomic E-state index is 10.8. The minimum absolute atomic E-state index is 0.0233. The molecule has 2 aromatic carbocycles. The van der Waals surface area contributed by atoms with Crippen molar-refractivity contribution >= 4 is 16.9 Å². The van der Waals surface area contributed by atoms with Gasteiger partial charge in [-0.3, -0.25) is 4.98 Å². The zero-order chi connectivity index (χ0) is 14.8. The lowest BCUT2D eigenvalue weighted by atomic mass is 10.0. The van der Waals surface area contributed by atoms with Gasteiger partial charge in [0.2, 0.25) is 0 Å². The molecule has 1 heterocycles. The lowest BCUT2D eigenvalue weighted by molar-refractivity contribution is 0.0696. The molecule has 0 aliphatic rings. The number of aromatic carboxylic acids is 1. The number of phenolic OH excluding ortho intramolecular Hbond substituents is 1. The van der Waals surface area contributed by atoms with Crippen LogP contribution in [0.3, 0.4) is 0 Å². The highest BCUT2D eigenvalue weighted by Crippen LogP contribution is 2.22. The Kier molecular flexibility index (Phi) is 3.28. The van der Waals surface area contributed by atoms with Crippen LogP contribution in [0.5, 0.6) is 5.75 Å². The summed E-state index contributed by atoms with van der Waals surface area (Å²) >= 11 is 0. The van der Waals surface area contributed by atoms with Gasteiger partial charge in [0.25, 0.3) is 0 Å². The van der Waals surface area contributed by atoms with E-state index in [1.807, 2.05) is 36.4 Å². The summed E-state index contributed by atoms with van der Waals surface area (Å²) in [6.45, 7) is 0. The van der Waals surface area contributed by atoms with E-state index in [1.54, 1.807) is 6.07 Å². The first-order chi connectivity index (χ1) is 10.1. The highest BCUT2D eigenvalue weighted by molar-refractivity contribution is 5.88. The number of carbonyl (C=O) groups is 1. The van der Waals surface area contributed by atoms with Gasteiger partial charge in [-0.05, 0) is 29.8 Å². The molecule has 3 rings (SSSR count). The standard InChI is InChI=1S/C17H13NO3/c19-16-10-13(17(20)21)6-5-12(16)9-14-8-7-11-3-1-2-4-15(11)18-14/h1-8,10,19H,9H2,(H,20,21). The van der Waals surface area contributed by atoms with Crippen molar-refractivity contribution in [3.8, 4) is 5.75 Å².